The number of para-hydroxylation sites is 1. The number of rotatable bonds is 1. The lowest BCUT2D eigenvalue weighted by Crippen LogP contribution is -1.67. The SMILES string of the molecule is c1ccc(-[s+]2cnc3ccccc32)cc1. The van der Waals surface area contributed by atoms with Crippen molar-refractivity contribution in [3.63, 3.8) is 0 Å². The van der Waals surface area contributed by atoms with Gasteiger partial charge in [-0.15, -0.1) is 0 Å². The summed E-state index contributed by atoms with van der Waals surface area (Å²) in [5.41, 5.74) is 3.17. The smallest absolute Gasteiger partial charge is 0.199 e. The summed E-state index contributed by atoms with van der Waals surface area (Å²) in [6, 6.07) is 18.9. The Balaban J connectivity index is 2.28. The van der Waals surface area contributed by atoms with E-state index < -0.39 is 0 Å². The Morgan fingerprint density at radius 1 is 0.800 bits per heavy atom. The van der Waals surface area contributed by atoms with Gasteiger partial charge in [0.2, 0.25) is 10.2 Å². The fourth-order valence-electron chi connectivity index (χ4n) is 1.67. The van der Waals surface area contributed by atoms with Gasteiger partial charge in [0.1, 0.15) is 5.52 Å². The van der Waals surface area contributed by atoms with E-state index in [4.69, 9.17) is 0 Å². The van der Waals surface area contributed by atoms with E-state index in [9.17, 15) is 0 Å². The first-order valence-electron chi connectivity index (χ1n) is 4.86. The summed E-state index contributed by atoms with van der Waals surface area (Å²) in [6.45, 7) is 0. The van der Waals surface area contributed by atoms with Crippen molar-refractivity contribution in [1.29, 1.82) is 0 Å². The molecule has 3 aromatic rings. The molecule has 0 amide bonds. The molecule has 0 spiro atoms. The minimum Gasteiger partial charge on any atom is -0.199 e. The maximum Gasteiger partial charge on any atom is 0.236 e. The molecule has 0 N–H and O–H groups in total. The van der Waals surface area contributed by atoms with Crippen molar-refractivity contribution in [2.24, 2.45) is 0 Å². The van der Waals surface area contributed by atoms with Crippen molar-refractivity contribution >= 4 is 20.7 Å². The summed E-state index contributed by atoms with van der Waals surface area (Å²) < 4.78 is 1.34. The maximum absolute atomic E-state index is 4.44. The molecule has 1 unspecified atom stereocenters. The molecule has 0 aliphatic carbocycles. The Morgan fingerprint density at radius 2 is 1.53 bits per heavy atom. The van der Waals surface area contributed by atoms with Crippen molar-refractivity contribution in [3.8, 4) is 4.90 Å². The molecule has 0 aliphatic rings. The molecule has 1 aromatic heterocycles. The Hall–Kier alpha value is -1.67. The first kappa shape index (κ1) is 8.62. The van der Waals surface area contributed by atoms with E-state index in [0.717, 1.165) is 5.52 Å². The summed E-state index contributed by atoms with van der Waals surface area (Å²) in [4.78, 5) is 5.78. The van der Waals surface area contributed by atoms with Gasteiger partial charge in [0.05, 0.1) is 0 Å². The van der Waals surface area contributed by atoms with Crippen LogP contribution in [-0.2, 0) is 0 Å². The van der Waals surface area contributed by atoms with E-state index >= 15 is 0 Å². The lowest BCUT2D eigenvalue weighted by molar-refractivity contribution is 1.50. The van der Waals surface area contributed by atoms with Crippen LogP contribution >= 0.6 is 10.5 Å². The number of hydrogen-bond donors (Lipinski definition) is 0. The summed E-state index contributed by atoms with van der Waals surface area (Å²) in [5.74, 6) is 0. The van der Waals surface area contributed by atoms with E-state index in [2.05, 4.69) is 53.0 Å². The Bertz CT molecular complexity index is 584. The van der Waals surface area contributed by atoms with Crippen LogP contribution in [-0.4, -0.2) is 4.98 Å². The predicted molar refractivity (Wildman–Crippen MR) is 65.6 cm³/mol. The van der Waals surface area contributed by atoms with Crippen molar-refractivity contribution in [3.05, 3.63) is 60.1 Å². The van der Waals surface area contributed by atoms with Crippen molar-refractivity contribution in [2.45, 2.75) is 0 Å². The van der Waals surface area contributed by atoms with Crippen LogP contribution < -0.4 is 0 Å². The van der Waals surface area contributed by atoms with Gasteiger partial charge in [-0.3, -0.25) is 0 Å². The molecule has 3 rings (SSSR count). The summed E-state index contributed by atoms with van der Waals surface area (Å²) >= 11 is 0. The molecule has 15 heavy (non-hydrogen) atoms. The van der Waals surface area contributed by atoms with Crippen molar-refractivity contribution in [1.82, 2.24) is 4.98 Å². The molecule has 0 bridgehead atoms. The predicted octanol–water partition coefficient (Wildman–Crippen LogP) is 3.97. The molecule has 0 saturated heterocycles. The molecule has 0 fully saturated rings. The number of thiazole rings is 1. The molecular weight excluding hydrogens is 202 g/mol. The zero-order chi connectivity index (χ0) is 10.1. The average Bonchev–Trinajstić information content (AvgIpc) is 2.74. The number of hydrogen-bond acceptors (Lipinski definition) is 1. The Morgan fingerprint density at radius 3 is 2.40 bits per heavy atom. The lowest BCUT2D eigenvalue weighted by Gasteiger charge is -1.88. The molecule has 2 heteroatoms. The van der Waals surface area contributed by atoms with E-state index in [-0.39, 0.29) is 10.5 Å². The highest BCUT2D eigenvalue weighted by Crippen LogP contribution is 2.37. The van der Waals surface area contributed by atoms with Crippen LogP contribution in [0.2, 0.25) is 0 Å². The maximum atomic E-state index is 4.44. The summed E-state index contributed by atoms with van der Waals surface area (Å²) in [5, 5.41) is 0. The lowest BCUT2D eigenvalue weighted by atomic mass is 10.3. The van der Waals surface area contributed by atoms with Crippen LogP contribution in [0.5, 0.6) is 0 Å². The minimum absolute atomic E-state index is 0.0427. The zero-order valence-electron chi connectivity index (χ0n) is 8.13. The van der Waals surface area contributed by atoms with Gasteiger partial charge in [-0.2, -0.15) is 4.98 Å². The fourth-order valence-corrected chi connectivity index (χ4v) is 3.40. The van der Waals surface area contributed by atoms with Gasteiger partial charge in [-0.1, -0.05) is 30.3 Å². The van der Waals surface area contributed by atoms with Gasteiger partial charge in [0.25, 0.3) is 0 Å². The third-order valence-corrected chi connectivity index (χ3v) is 4.31. The van der Waals surface area contributed by atoms with Crippen LogP contribution in [0.4, 0.5) is 0 Å². The molecule has 1 atom stereocenters. The van der Waals surface area contributed by atoms with Gasteiger partial charge < -0.3 is 0 Å². The highest BCUT2D eigenvalue weighted by molar-refractivity contribution is 7.43. The number of fused-ring (bicyclic) bond motifs is 1. The van der Waals surface area contributed by atoms with Gasteiger partial charge in [0.15, 0.2) is 4.90 Å². The van der Waals surface area contributed by atoms with Gasteiger partial charge in [-0.05, 0) is 18.2 Å². The quantitative estimate of drug-likeness (QED) is 0.556. The number of aromatic nitrogens is 1. The number of benzene rings is 2. The third-order valence-electron chi connectivity index (χ3n) is 2.40. The summed E-state index contributed by atoms with van der Waals surface area (Å²) in [6.07, 6.45) is 0. The van der Waals surface area contributed by atoms with E-state index in [1.165, 1.54) is 9.60 Å². The van der Waals surface area contributed by atoms with Crippen molar-refractivity contribution < 1.29 is 0 Å². The monoisotopic (exact) mass is 212 g/mol. The second-order valence-electron chi connectivity index (χ2n) is 3.35. The second kappa shape index (κ2) is 3.48. The average molecular weight is 212 g/mol. The molecule has 72 valence electrons. The fraction of sp³-hybridized carbons (Fsp3) is 0. The van der Waals surface area contributed by atoms with E-state index in [0.29, 0.717) is 0 Å². The largest absolute Gasteiger partial charge is 0.236 e. The molecule has 1 heterocycles. The van der Waals surface area contributed by atoms with Gasteiger partial charge in [0, 0.05) is 16.5 Å². The molecule has 2 aromatic carbocycles. The zero-order valence-corrected chi connectivity index (χ0v) is 8.95. The first-order valence-corrected chi connectivity index (χ1v) is 6.15. The highest BCUT2D eigenvalue weighted by Gasteiger charge is 2.15. The van der Waals surface area contributed by atoms with E-state index in [1.54, 1.807) is 0 Å². The van der Waals surface area contributed by atoms with Crippen molar-refractivity contribution in [2.75, 3.05) is 0 Å². The van der Waals surface area contributed by atoms with Crippen LogP contribution in [0.3, 0.4) is 0 Å². The first-order chi connectivity index (χ1) is 7.45. The second-order valence-corrected chi connectivity index (χ2v) is 5.15. The van der Waals surface area contributed by atoms with Gasteiger partial charge in [-0.25, -0.2) is 0 Å². The normalized spacial score (nSPS) is 11.9. The van der Waals surface area contributed by atoms with E-state index in [1.807, 2.05) is 12.1 Å². The van der Waals surface area contributed by atoms with Crippen LogP contribution in [0, 0.1) is 0 Å². The number of nitrogens with zero attached hydrogens (tertiary/aromatic N) is 1. The summed E-state index contributed by atoms with van der Waals surface area (Å²) in [7, 11) is 0.0427. The van der Waals surface area contributed by atoms with Crippen LogP contribution in [0.25, 0.3) is 15.1 Å². The molecular formula is C13H10NS+. The molecule has 0 aliphatic heterocycles. The van der Waals surface area contributed by atoms with Crippen LogP contribution in [0.15, 0.2) is 60.1 Å². The molecule has 0 radical (unpaired) electrons. The van der Waals surface area contributed by atoms with Gasteiger partial charge >= 0.3 is 0 Å². The Labute approximate surface area is 91.0 Å². The minimum atomic E-state index is 0.0427. The standard InChI is InChI=1S/C13H10NS/c1-2-6-11(7-3-1)15-10-14-12-8-4-5-9-13(12)15/h1-10H/q+1. The third kappa shape index (κ3) is 1.43. The topological polar surface area (TPSA) is 12.9 Å². The van der Waals surface area contributed by atoms with Crippen LogP contribution in [0.1, 0.15) is 0 Å². The Kier molecular flexibility index (Phi) is 2.00. The molecule has 0 saturated carbocycles. The highest BCUT2D eigenvalue weighted by atomic mass is 32.2. The molecule has 1 nitrogen and oxygen atoms in total.